The van der Waals surface area contributed by atoms with Gasteiger partial charge in [0.2, 0.25) is 0 Å². The van der Waals surface area contributed by atoms with Crippen LogP contribution in [0.4, 0.5) is 0 Å². The molecular formula is C13H14O2. The molecule has 0 aromatic heterocycles. The average Bonchev–Trinajstić information content (AvgIpc) is 2.55. The number of carboxylic acid groups (broad SMARTS) is 1. The van der Waals surface area contributed by atoms with Crippen molar-refractivity contribution in [1.82, 2.24) is 0 Å². The Hall–Kier alpha value is -1.57. The van der Waals surface area contributed by atoms with Crippen molar-refractivity contribution in [2.24, 2.45) is 5.92 Å². The summed E-state index contributed by atoms with van der Waals surface area (Å²) in [6.45, 7) is 5.78. The van der Waals surface area contributed by atoms with E-state index in [1.54, 1.807) is 0 Å². The van der Waals surface area contributed by atoms with Gasteiger partial charge in [-0.15, -0.1) is 0 Å². The Morgan fingerprint density at radius 2 is 2.07 bits per heavy atom. The second-order valence-electron chi connectivity index (χ2n) is 4.28. The van der Waals surface area contributed by atoms with Crippen molar-refractivity contribution in [3.05, 3.63) is 41.5 Å². The average molecular weight is 202 g/mol. The normalized spacial score (nSPS) is 18.6. The highest BCUT2D eigenvalue weighted by atomic mass is 16.4. The van der Waals surface area contributed by atoms with Crippen LogP contribution < -0.4 is 0 Å². The molecule has 78 valence electrons. The summed E-state index contributed by atoms with van der Waals surface area (Å²) in [4.78, 5) is 10.8. The Balaban J connectivity index is 2.35. The second-order valence-corrected chi connectivity index (χ2v) is 4.28. The molecular weight excluding hydrogens is 188 g/mol. The molecule has 0 amide bonds. The summed E-state index contributed by atoms with van der Waals surface area (Å²) >= 11 is 0. The molecule has 1 aliphatic rings. The topological polar surface area (TPSA) is 37.3 Å². The van der Waals surface area contributed by atoms with Gasteiger partial charge in [0, 0.05) is 0 Å². The zero-order valence-corrected chi connectivity index (χ0v) is 8.79. The standard InChI is InChI=1S/C13H14O2/c1-8-5-11-4-3-10(7-12(11)6-8)9(2)13(14)15/h3-4,7-8H,2,5-6H2,1H3,(H,14,15)/t8-/m1/s1. The summed E-state index contributed by atoms with van der Waals surface area (Å²) in [7, 11) is 0. The van der Waals surface area contributed by atoms with Crippen LogP contribution in [0, 0.1) is 5.92 Å². The van der Waals surface area contributed by atoms with Crippen molar-refractivity contribution in [2.75, 3.05) is 0 Å². The van der Waals surface area contributed by atoms with Crippen molar-refractivity contribution in [1.29, 1.82) is 0 Å². The zero-order valence-electron chi connectivity index (χ0n) is 8.79. The number of benzene rings is 1. The smallest absolute Gasteiger partial charge is 0.335 e. The number of rotatable bonds is 2. The molecule has 1 N–H and O–H groups in total. The molecule has 0 saturated carbocycles. The van der Waals surface area contributed by atoms with Gasteiger partial charge < -0.3 is 5.11 Å². The van der Waals surface area contributed by atoms with E-state index in [2.05, 4.69) is 13.5 Å². The van der Waals surface area contributed by atoms with Crippen molar-refractivity contribution in [2.45, 2.75) is 19.8 Å². The van der Waals surface area contributed by atoms with E-state index < -0.39 is 5.97 Å². The van der Waals surface area contributed by atoms with Crippen molar-refractivity contribution in [3.63, 3.8) is 0 Å². The summed E-state index contributed by atoms with van der Waals surface area (Å²) in [5.41, 5.74) is 3.54. The molecule has 0 bridgehead atoms. The highest BCUT2D eigenvalue weighted by Gasteiger charge is 2.18. The molecule has 2 heteroatoms. The van der Waals surface area contributed by atoms with Gasteiger partial charge in [-0.05, 0) is 35.4 Å². The first-order valence-corrected chi connectivity index (χ1v) is 5.12. The van der Waals surface area contributed by atoms with Crippen LogP contribution in [0.2, 0.25) is 0 Å². The molecule has 0 heterocycles. The SMILES string of the molecule is C=C(C(=O)O)c1ccc2c(c1)C[C@H](C)C2. The maximum Gasteiger partial charge on any atom is 0.335 e. The lowest BCUT2D eigenvalue weighted by Gasteiger charge is -2.04. The van der Waals surface area contributed by atoms with E-state index in [-0.39, 0.29) is 5.57 Å². The van der Waals surface area contributed by atoms with Gasteiger partial charge in [0.05, 0.1) is 5.57 Å². The lowest BCUT2D eigenvalue weighted by molar-refractivity contribution is -0.130. The summed E-state index contributed by atoms with van der Waals surface area (Å²) in [5, 5.41) is 8.84. The minimum absolute atomic E-state index is 0.178. The summed E-state index contributed by atoms with van der Waals surface area (Å²) in [6.07, 6.45) is 2.16. The first kappa shape index (κ1) is 9.97. The van der Waals surface area contributed by atoms with Gasteiger partial charge in [-0.3, -0.25) is 0 Å². The molecule has 1 aliphatic carbocycles. The van der Waals surface area contributed by atoms with Gasteiger partial charge in [0.15, 0.2) is 0 Å². The molecule has 1 atom stereocenters. The Morgan fingerprint density at radius 3 is 2.73 bits per heavy atom. The number of carboxylic acids is 1. The molecule has 0 radical (unpaired) electrons. The molecule has 0 saturated heterocycles. The van der Waals surface area contributed by atoms with Crippen LogP contribution in [0.5, 0.6) is 0 Å². The number of fused-ring (bicyclic) bond motifs is 1. The van der Waals surface area contributed by atoms with Gasteiger partial charge in [-0.1, -0.05) is 31.7 Å². The highest BCUT2D eigenvalue weighted by Crippen LogP contribution is 2.28. The Kier molecular flexibility index (Phi) is 2.35. The first-order chi connectivity index (χ1) is 7.08. The van der Waals surface area contributed by atoms with Crippen LogP contribution in [-0.4, -0.2) is 11.1 Å². The molecule has 0 fully saturated rings. The van der Waals surface area contributed by atoms with Crippen molar-refractivity contribution in [3.8, 4) is 0 Å². The largest absolute Gasteiger partial charge is 0.478 e. The fourth-order valence-electron chi connectivity index (χ4n) is 2.15. The van der Waals surface area contributed by atoms with E-state index in [0.717, 1.165) is 18.4 Å². The van der Waals surface area contributed by atoms with Gasteiger partial charge in [-0.25, -0.2) is 4.79 Å². The van der Waals surface area contributed by atoms with Crippen LogP contribution in [-0.2, 0) is 17.6 Å². The Bertz CT molecular complexity index is 432. The van der Waals surface area contributed by atoms with E-state index >= 15 is 0 Å². The molecule has 1 aromatic rings. The third-order valence-electron chi connectivity index (χ3n) is 2.95. The number of carbonyl (C=O) groups is 1. The van der Waals surface area contributed by atoms with E-state index in [1.807, 2.05) is 18.2 Å². The lowest BCUT2D eigenvalue weighted by atomic mass is 10.0. The second kappa shape index (κ2) is 3.54. The monoisotopic (exact) mass is 202 g/mol. The molecule has 0 unspecified atom stereocenters. The fraction of sp³-hybridized carbons (Fsp3) is 0.308. The molecule has 2 nitrogen and oxygen atoms in total. The van der Waals surface area contributed by atoms with Gasteiger partial charge in [-0.2, -0.15) is 0 Å². The van der Waals surface area contributed by atoms with Gasteiger partial charge >= 0.3 is 5.97 Å². The van der Waals surface area contributed by atoms with Gasteiger partial charge in [0.25, 0.3) is 0 Å². The van der Waals surface area contributed by atoms with E-state index in [9.17, 15) is 4.79 Å². The van der Waals surface area contributed by atoms with Gasteiger partial charge in [0.1, 0.15) is 0 Å². The van der Waals surface area contributed by atoms with Crippen LogP contribution in [0.3, 0.4) is 0 Å². The minimum Gasteiger partial charge on any atom is -0.478 e. The van der Waals surface area contributed by atoms with E-state index in [4.69, 9.17) is 5.11 Å². The van der Waals surface area contributed by atoms with Crippen LogP contribution in [0.25, 0.3) is 5.57 Å². The quantitative estimate of drug-likeness (QED) is 0.748. The highest BCUT2D eigenvalue weighted by molar-refractivity contribution is 6.14. The molecule has 0 spiro atoms. The van der Waals surface area contributed by atoms with E-state index in [0.29, 0.717) is 5.92 Å². The van der Waals surface area contributed by atoms with Crippen LogP contribution in [0.1, 0.15) is 23.6 Å². The lowest BCUT2D eigenvalue weighted by Crippen LogP contribution is -1.98. The number of aliphatic carboxylic acids is 1. The molecule has 2 rings (SSSR count). The van der Waals surface area contributed by atoms with Crippen molar-refractivity contribution < 1.29 is 9.90 Å². The maximum absolute atomic E-state index is 10.8. The molecule has 15 heavy (non-hydrogen) atoms. The van der Waals surface area contributed by atoms with Crippen LogP contribution >= 0.6 is 0 Å². The summed E-state index contributed by atoms with van der Waals surface area (Å²) in [6, 6.07) is 5.85. The van der Waals surface area contributed by atoms with E-state index in [1.165, 1.54) is 11.1 Å². The van der Waals surface area contributed by atoms with Crippen molar-refractivity contribution >= 4 is 11.5 Å². The predicted octanol–water partition coefficient (Wildman–Crippen LogP) is 2.52. The third kappa shape index (κ3) is 1.80. The Morgan fingerprint density at radius 1 is 1.40 bits per heavy atom. The third-order valence-corrected chi connectivity index (χ3v) is 2.95. The number of hydrogen-bond donors (Lipinski definition) is 1. The minimum atomic E-state index is -0.944. The molecule has 1 aromatic carbocycles. The predicted molar refractivity (Wildman–Crippen MR) is 59.7 cm³/mol. The summed E-state index contributed by atoms with van der Waals surface area (Å²) in [5.74, 6) is -0.269. The first-order valence-electron chi connectivity index (χ1n) is 5.12. The number of hydrogen-bond acceptors (Lipinski definition) is 1. The molecule has 0 aliphatic heterocycles. The maximum atomic E-state index is 10.8. The zero-order chi connectivity index (χ0) is 11.0. The summed E-state index contributed by atoms with van der Waals surface area (Å²) < 4.78 is 0. The Labute approximate surface area is 89.2 Å². The fourth-order valence-corrected chi connectivity index (χ4v) is 2.15. The van der Waals surface area contributed by atoms with Crippen LogP contribution in [0.15, 0.2) is 24.8 Å².